The number of rotatable bonds is 39. The van der Waals surface area contributed by atoms with Gasteiger partial charge in [0, 0.05) is 13.8 Å². The van der Waals surface area contributed by atoms with Crippen LogP contribution in [0, 0.1) is 0 Å². The van der Waals surface area contributed by atoms with Crippen molar-refractivity contribution in [3.8, 4) is 0 Å². The first kappa shape index (κ1) is 123. The molecule has 0 aromatic rings. The molecule has 13 aliphatic rings. The van der Waals surface area contributed by atoms with E-state index in [1.54, 1.807) is 0 Å². The van der Waals surface area contributed by atoms with E-state index in [4.69, 9.17) is 118 Å². The first-order valence-corrected chi connectivity index (χ1v) is 47.7. The third kappa shape index (κ3) is 26.5. The average Bonchev–Trinajstić information content (AvgIpc) is 0.761. The number of carbonyl (C=O) groups is 2. The molecule has 68 nitrogen and oxygen atoms in total. The molecule has 150 heavy (non-hydrogen) atoms. The van der Waals surface area contributed by atoms with Crippen LogP contribution in [-0.2, 0) is 128 Å². The van der Waals surface area contributed by atoms with Crippen molar-refractivity contribution in [2.24, 2.45) is 0 Å². The standard InChI is InChI=1S/C82H138N2O66/c1-16(94)83-31-44(107)62(25(10-92)130-70(31)125)143-71-32(84-17(2)95)45(108)63(26(11-93)138-71)144-78-61(124)65(43(106)30(141-78)14-127-73-60(123)64(145-74-56(119)46(109)33(96)18(3-85)131-74)42(105)29(140-73)15-129-80-67(52(115)38(101)23(8-90)136-80)148-76-58(121)48(111)35(98)20(5-87)133-76)146-82-69(150-81-68(53(116)39(102)24(9-91)137-81)149-77-59(122)49(112)36(99)21(6-88)134-77)54(117)41(104)28(142-82)12-126-72-55(118)50(113)40(103)27(139-72)13-128-79-66(51(114)37(100)22(7-89)135-79)147-75-57(120)47(110)34(97)19(4-86)132-75/h18-82,85-93,96-125H,3-15H2,1-2H3,(H,83,94)(H,84,95)/t18-,19-,20-,21-,22-,23-,24-,25-,26-,27-,28-,29-,30-,31-,32-,33-,34-,35-,36-,37-,38-,39-,40-,41-,42-,43-,44-,45-,46+,47+,48+,49+,50+,51+,52+,53+,54+,55+,56+,57+,58+,59+,60+,61+,62-,63-,64+,65+,66+,67+,68+,69+,70?,71+,72+,73+,74-,75-,76-,77-,78+,79+,80+,81-,82-/m1/s1. The number of hydrogen-bond acceptors (Lipinski definition) is 66. The van der Waals surface area contributed by atoms with E-state index in [0.29, 0.717) is 0 Å². The smallest absolute Gasteiger partial charge is 0.217 e. The minimum Gasteiger partial charge on any atom is -0.394 e. The van der Waals surface area contributed by atoms with Crippen LogP contribution in [0.5, 0.6) is 0 Å². The van der Waals surface area contributed by atoms with Gasteiger partial charge in [0.25, 0.3) is 0 Å². The first-order valence-electron chi connectivity index (χ1n) is 47.7. The fraction of sp³-hybridized carbons (Fsp3) is 0.976. The molecule has 13 saturated heterocycles. The number of ether oxygens (including phenoxy) is 25. The molecule has 0 bridgehead atoms. The van der Waals surface area contributed by atoms with E-state index >= 15 is 0 Å². The first-order chi connectivity index (χ1) is 71.0. The number of carbonyl (C=O) groups excluding carboxylic acids is 2. The van der Waals surface area contributed by atoms with Crippen LogP contribution in [-0.4, -0.2) is 696 Å². The zero-order chi connectivity index (χ0) is 110. The van der Waals surface area contributed by atoms with Crippen molar-refractivity contribution < 1.29 is 327 Å². The minimum absolute atomic E-state index is 0.859. The van der Waals surface area contributed by atoms with Gasteiger partial charge in [-0.2, -0.15) is 0 Å². The third-order valence-electron chi connectivity index (χ3n) is 28.0. The van der Waals surface area contributed by atoms with Crippen molar-refractivity contribution in [2.75, 3.05) is 85.9 Å². The van der Waals surface area contributed by atoms with Crippen molar-refractivity contribution in [1.82, 2.24) is 10.6 Å². The summed E-state index contributed by atoms with van der Waals surface area (Å²) in [6.45, 7) is -13.5. The van der Waals surface area contributed by atoms with Gasteiger partial charge in [-0.05, 0) is 0 Å². The Kier molecular flexibility index (Phi) is 44.2. The van der Waals surface area contributed by atoms with E-state index in [0.717, 1.165) is 13.8 Å². The van der Waals surface area contributed by atoms with E-state index in [2.05, 4.69) is 10.6 Å². The van der Waals surface area contributed by atoms with Gasteiger partial charge in [-0.15, -0.1) is 0 Å². The second-order valence-electron chi connectivity index (χ2n) is 38.0. The Morgan fingerprint density at radius 1 is 0.173 bits per heavy atom. The molecule has 13 rings (SSSR count). The molecule has 1 unspecified atom stereocenters. The van der Waals surface area contributed by atoms with Crippen LogP contribution in [0.15, 0.2) is 0 Å². The van der Waals surface area contributed by atoms with Crippen LogP contribution in [0.25, 0.3) is 0 Å². The number of aliphatic hydroxyl groups is 39. The molecule has 0 aliphatic carbocycles. The molecule has 13 fully saturated rings. The normalized spacial score (nSPS) is 52.1. The monoisotopic (exact) mass is 2210 g/mol. The zero-order valence-corrected chi connectivity index (χ0v) is 79.2. The predicted molar refractivity (Wildman–Crippen MR) is 451 cm³/mol. The molecule has 0 aromatic carbocycles. The number of aliphatic hydroxyl groups excluding tert-OH is 39. The maximum absolute atomic E-state index is 13.3. The summed E-state index contributed by atoms with van der Waals surface area (Å²) in [4.78, 5) is 25.6. The summed E-state index contributed by atoms with van der Waals surface area (Å²) in [5.74, 6) is -1.91. The highest BCUT2D eigenvalue weighted by atomic mass is 16.8. The molecular formula is C82H138N2O66. The lowest BCUT2D eigenvalue weighted by Crippen LogP contribution is -2.70. The van der Waals surface area contributed by atoms with Crippen LogP contribution in [0.4, 0.5) is 0 Å². The highest BCUT2D eigenvalue weighted by Crippen LogP contribution is 2.43. The lowest BCUT2D eigenvalue weighted by atomic mass is 9.94. The quantitative estimate of drug-likeness (QED) is 0.0272. The fourth-order valence-corrected chi connectivity index (χ4v) is 19.2. The summed E-state index contributed by atoms with van der Waals surface area (Å²) in [6, 6.07) is -3.84. The summed E-state index contributed by atoms with van der Waals surface area (Å²) < 4.78 is 147. The van der Waals surface area contributed by atoms with Crippen molar-refractivity contribution in [3.63, 3.8) is 0 Å². The van der Waals surface area contributed by atoms with Gasteiger partial charge in [0.2, 0.25) is 11.8 Å². The van der Waals surface area contributed by atoms with Gasteiger partial charge in [0.05, 0.1) is 85.9 Å². The maximum Gasteiger partial charge on any atom is 0.217 e. The Morgan fingerprint density at radius 2 is 0.367 bits per heavy atom. The van der Waals surface area contributed by atoms with Crippen LogP contribution < -0.4 is 10.6 Å². The van der Waals surface area contributed by atoms with Crippen LogP contribution in [0.1, 0.15) is 13.8 Å². The van der Waals surface area contributed by atoms with Gasteiger partial charge in [0.15, 0.2) is 81.8 Å². The lowest BCUT2D eigenvalue weighted by molar-refractivity contribution is -0.410. The topological polar surface area (TPSA) is 1080 Å². The van der Waals surface area contributed by atoms with Gasteiger partial charge in [-0.25, -0.2) is 0 Å². The highest BCUT2D eigenvalue weighted by molar-refractivity contribution is 5.73. The van der Waals surface area contributed by atoms with Gasteiger partial charge in [-0.1, -0.05) is 0 Å². The second kappa shape index (κ2) is 53.8. The van der Waals surface area contributed by atoms with E-state index in [-0.39, 0.29) is 0 Å². The Labute approximate surface area is 845 Å². The molecule has 0 radical (unpaired) electrons. The van der Waals surface area contributed by atoms with E-state index < -0.39 is 497 Å². The second-order valence-corrected chi connectivity index (χ2v) is 38.0. The summed E-state index contributed by atoms with van der Waals surface area (Å²) >= 11 is 0. The largest absolute Gasteiger partial charge is 0.394 e. The van der Waals surface area contributed by atoms with E-state index in [1.165, 1.54) is 0 Å². The van der Waals surface area contributed by atoms with E-state index in [1.807, 2.05) is 0 Å². The summed E-state index contributed by atoms with van der Waals surface area (Å²) in [7, 11) is 0. The lowest BCUT2D eigenvalue weighted by Gasteiger charge is -2.51. The number of nitrogens with one attached hydrogen (secondary N) is 2. The fourth-order valence-electron chi connectivity index (χ4n) is 19.2. The molecule has 0 saturated carbocycles. The summed E-state index contributed by atoms with van der Waals surface area (Å²) in [5, 5.41) is 442. The molecule has 872 valence electrons. The van der Waals surface area contributed by atoms with Crippen molar-refractivity contribution >= 4 is 11.8 Å². The van der Waals surface area contributed by atoms with E-state index in [9.17, 15) is 209 Å². The molecule has 41 N–H and O–H groups in total. The highest BCUT2D eigenvalue weighted by Gasteiger charge is 2.64. The van der Waals surface area contributed by atoms with Crippen LogP contribution >= 0.6 is 0 Å². The zero-order valence-electron chi connectivity index (χ0n) is 79.2. The van der Waals surface area contributed by atoms with Gasteiger partial charge in [-0.3, -0.25) is 9.59 Å². The van der Waals surface area contributed by atoms with Gasteiger partial charge in [0.1, 0.15) is 317 Å². The molecule has 0 aromatic heterocycles. The predicted octanol–water partition coefficient (Wildman–Crippen LogP) is -29.0. The minimum atomic E-state index is -2.85. The summed E-state index contributed by atoms with van der Waals surface area (Å²) in [6.07, 6.45) is -142. The maximum atomic E-state index is 13.3. The van der Waals surface area contributed by atoms with Gasteiger partial charge < -0.3 is 328 Å². The molecule has 68 heteroatoms. The Morgan fingerprint density at radius 3 is 0.707 bits per heavy atom. The molecule has 0 spiro atoms. The molecule has 2 amide bonds. The van der Waals surface area contributed by atoms with Gasteiger partial charge >= 0.3 is 0 Å². The third-order valence-corrected chi connectivity index (χ3v) is 28.0. The SMILES string of the molecule is CC(=O)N[C@H]1[C@H](O[C@H]2[C@H](O)[C@@H](NC(C)=O)C(O)O[C@@H]2CO)O[C@H](CO)[C@@H](O[C@@H]2O[C@H](CO[C@H]3O[C@H](CO[C@H]4O[C@H](CO)[C@@H](O)[C@H](O)[C@@H]4O[C@H]4O[C@H](CO)[C@@H](O)[C@H](O)[C@@H]4O)[C@@H](O)[C@H](O[C@H]4O[C@H](CO)[C@@H](O)[C@H](O)[C@@H]4O)[C@@H]3O)[C@@H](O)[C@H](O[C@H]3O[C@H](CO[C@H]4O[C@H](CO[C@H]5O[C@H](CO)[C@@H](O)[C@H](O)[C@@H]5O[C@H]5O[C@H](CO)[C@@H](O)[C@H](O)[C@@H]5O)[C@@H](O)[C@H](O)[C@@H]4O)[C@@H](O)[C@H](O)[C@@H]3O[C@H]3O[C@H](CO)[C@@H](O)[C@H](O)[C@@H]3O[C@H]3O[C@H](CO)[C@@H](O)[C@H](O)[C@@H]3O)[C@@H]2O)[C@@H]1O. The Hall–Kier alpha value is -3.62. The number of hydrogen-bond donors (Lipinski definition) is 41. The Bertz CT molecular complexity index is 4070. The molecule has 65 atom stereocenters. The van der Waals surface area contributed by atoms with Crippen molar-refractivity contribution in [2.45, 2.75) is 413 Å². The van der Waals surface area contributed by atoms with Crippen LogP contribution in [0.2, 0.25) is 0 Å². The van der Waals surface area contributed by atoms with Crippen molar-refractivity contribution in [1.29, 1.82) is 0 Å². The van der Waals surface area contributed by atoms with Crippen LogP contribution in [0.3, 0.4) is 0 Å². The average molecular weight is 2210 g/mol. The van der Waals surface area contributed by atoms with Crippen molar-refractivity contribution in [3.05, 3.63) is 0 Å². The molecule has 13 aliphatic heterocycles. The Balaban J connectivity index is 0.859. The molecule has 13 heterocycles. The number of amides is 2. The summed E-state index contributed by atoms with van der Waals surface area (Å²) in [5.41, 5.74) is 0. The molecular weight excluding hydrogens is 2070 g/mol.